The van der Waals surface area contributed by atoms with Crippen LogP contribution >= 0.6 is 0 Å². The molecule has 0 saturated carbocycles. The molecule has 0 aromatic carbocycles. The van der Waals surface area contributed by atoms with Crippen LogP contribution in [-0.4, -0.2) is 29.7 Å². The van der Waals surface area contributed by atoms with Gasteiger partial charge in [0.15, 0.2) is 0 Å². The summed E-state index contributed by atoms with van der Waals surface area (Å²) in [6, 6.07) is 0. The summed E-state index contributed by atoms with van der Waals surface area (Å²) < 4.78 is 0. The van der Waals surface area contributed by atoms with Crippen molar-refractivity contribution in [1.82, 2.24) is 4.90 Å². The lowest BCUT2D eigenvalue weighted by atomic mass is 10.3. The van der Waals surface area contributed by atoms with Gasteiger partial charge in [0, 0.05) is 13.1 Å². The summed E-state index contributed by atoms with van der Waals surface area (Å²) in [5.74, 6) is -0.833. The second kappa shape index (κ2) is 6.40. The maximum absolute atomic E-state index is 11.3. The van der Waals surface area contributed by atoms with Gasteiger partial charge in [-0.2, -0.15) is 0 Å². The Bertz CT molecular complexity index is 205. The molecule has 3 heteroatoms. The standard InChI is InChI=1S/C10H17NO2/c1-4-7-8-9(12)10(13)11(5-2)6-3/h7-8H,4-6H2,1-3H3/b8-7+. The quantitative estimate of drug-likeness (QED) is 0.477. The second-order valence-corrected chi connectivity index (χ2v) is 2.65. The molecule has 1 amide bonds. The number of likely N-dealkylation sites (N-methyl/N-ethyl adjacent to an activating group) is 1. The summed E-state index contributed by atoms with van der Waals surface area (Å²) >= 11 is 0. The molecule has 0 atom stereocenters. The van der Waals surface area contributed by atoms with E-state index in [1.165, 1.54) is 11.0 Å². The Morgan fingerprint density at radius 2 is 1.69 bits per heavy atom. The van der Waals surface area contributed by atoms with Crippen LogP contribution in [-0.2, 0) is 9.59 Å². The molecule has 0 fully saturated rings. The number of rotatable bonds is 5. The molecule has 0 aliphatic heterocycles. The molecule has 0 aromatic heterocycles. The molecule has 0 saturated heterocycles. The Morgan fingerprint density at radius 1 is 1.15 bits per heavy atom. The number of hydrogen-bond acceptors (Lipinski definition) is 2. The highest BCUT2D eigenvalue weighted by atomic mass is 16.2. The highest BCUT2D eigenvalue weighted by molar-refractivity contribution is 6.40. The van der Waals surface area contributed by atoms with Crippen LogP contribution in [0.15, 0.2) is 12.2 Å². The molecular formula is C10H17NO2. The third-order valence-corrected chi connectivity index (χ3v) is 1.77. The Kier molecular flexibility index (Phi) is 5.85. The molecule has 0 aliphatic carbocycles. The van der Waals surface area contributed by atoms with Gasteiger partial charge < -0.3 is 4.90 Å². The van der Waals surface area contributed by atoms with Gasteiger partial charge in [0.1, 0.15) is 0 Å². The van der Waals surface area contributed by atoms with Crippen LogP contribution in [0.25, 0.3) is 0 Å². The molecule has 74 valence electrons. The fraction of sp³-hybridized carbons (Fsp3) is 0.600. The number of ketones is 1. The zero-order chi connectivity index (χ0) is 10.3. The van der Waals surface area contributed by atoms with E-state index in [2.05, 4.69) is 0 Å². The molecule has 0 spiro atoms. The lowest BCUT2D eigenvalue weighted by Crippen LogP contribution is -2.35. The average molecular weight is 183 g/mol. The summed E-state index contributed by atoms with van der Waals surface area (Å²) in [6.07, 6.45) is 3.82. The van der Waals surface area contributed by atoms with E-state index in [1.54, 1.807) is 6.08 Å². The minimum atomic E-state index is -0.425. The SMILES string of the molecule is CC/C=C/C(=O)C(=O)N(CC)CC. The van der Waals surface area contributed by atoms with Gasteiger partial charge in [0.25, 0.3) is 5.91 Å². The number of hydrogen-bond donors (Lipinski definition) is 0. The zero-order valence-corrected chi connectivity index (χ0v) is 8.54. The number of carbonyl (C=O) groups excluding carboxylic acids is 2. The predicted molar refractivity (Wildman–Crippen MR) is 52.4 cm³/mol. The van der Waals surface area contributed by atoms with Crippen LogP contribution in [0, 0.1) is 0 Å². The first-order valence-corrected chi connectivity index (χ1v) is 4.67. The van der Waals surface area contributed by atoms with Crippen LogP contribution in [0.5, 0.6) is 0 Å². The Balaban J connectivity index is 4.24. The largest absolute Gasteiger partial charge is 0.336 e. The topological polar surface area (TPSA) is 37.4 Å². The molecule has 0 aromatic rings. The molecule has 0 aliphatic rings. The van der Waals surface area contributed by atoms with Gasteiger partial charge in [-0.15, -0.1) is 0 Å². The number of carbonyl (C=O) groups is 2. The van der Waals surface area contributed by atoms with Crippen molar-refractivity contribution < 1.29 is 9.59 Å². The van der Waals surface area contributed by atoms with E-state index in [0.717, 1.165) is 6.42 Å². The minimum absolute atomic E-state index is 0.408. The molecule has 0 bridgehead atoms. The molecular weight excluding hydrogens is 166 g/mol. The summed E-state index contributed by atoms with van der Waals surface area (Å²) in [7, 11) is 0. The van der Waals surface area contributed by atoms with E-state index in [4.69, 9.17) is 0 Å². The average Bonchev–Trinajstić information content (AvgIpc) is 2.15. The van der Waals surface area contributed by atoms with Crippen LogP contribution in [0.1, 0.15) is 27.2 Å². The van der Waals surface area contributed by atoms with Crippen molar-refractivity contribution in [1.29, 1.82) is 0 Å². The van der Waals surface area contributed by atoms with E-state index in [1.807, 2.05) is 20.8 Å². The van der Waals surface area contributed by atoms with Gasteiger partial charge in [-0.25, -0.2) is 0 Å². The van der Waals surface area contributed by atoms with Crippen molar-refractivity contribution in [3.63, 3.8) is 0 Å². The minimum Gasteiger partial charge on any atom is -0.336 e. The summed E-state index contributed by atoms with van der Waals surface area (Å²) in [5.41, 5.74) is 0. The maximum atomic E-state index is 11.3. The van der Waals surface area contributed by atoms with Crippen molar-refractivity contribution in [3.8, 4) is 0 Å². The fourth-order valence-corrected chi connectivity index (χ4v) is 0.963. The van der Waals surface area contributed by atoms with Gasteiger partial charge in [-0.05, 0) is 26.3 Å². The molecule has 13 heavy (non-hydrogen) atoms. The summed E-state index contributed by atoms with van der Waals surface area (Å²) in [5, 5.41) is 0. The summed E-state index contributed by atoms with van der Waals surface area (Å²) in [6.45, 7) is 6.81. The third kappa shape index (κ3) is 3.87. The van der Waals surface area contributed by atoms with Gasteiger partial charge in [-0.1, -0.05) is 13.0 Å². The van der Waals surface area contributed by atoms with E-state index in [9.17, 15) is 9.59 Å². The monoisotopic (exact) mass is 183 g/mol. The summed E-state index contributed by atoms with van der Waals surface area (Å²) in [4.78, 5) is 24.0. The van der Waals surface area contributed by atoms with Crippen molar-refractivity contribution in [2.75, 3.05) is 13.1 Å². The second-order valence-electron chi connectivity index (χ2n) is 2.65. The zero-order valence-electron chi connectivity index (χ0n) is 8.54. The first-order chi connectivity index (χ1) is 6.17. The smallest absolute Gasteiger partial charge is 0.294 e. The first-order valence-electron chi connectivity index (χ1n) is 4.67. The molecule has 3 nitrogen and oxygen atoms in total. The highest BCUT2D eigenvalue weighted by Crippen LogP contribution is 1.92. The van der Waals surface area contributed by atoms with E-state index >= 15 is 0 Å². The highest BCUT2D eigenvalue weighted by Gasteiger charge is 2.15. The van der Waals surface area contributed by atoms with Crippen molar-refractivity contribution in [2.45, 2.75) is 27.2 Å². The van der Waals surface area contributed by atoms with E-state index in [0.29, 0.717) is 13.1 Å². The van der Waals surface area contributed by atoms with Gasteiger partial charge in [0.05, 0.1) is 0 Å². The lowest BCUT2D eigenvalue weighted by molar-refractivity contribution is -0.142. The number of amides is 1. The normalized spacial score (nSPS) is 10.4. The lowest BCUT2D eigenvalue weighted by Gasteiger charge is -2.16. The first kappa shape index (κ1) is 11.9. The van der Waals surface area contributed by atoms with Crippen LogP contribution in [0.4, 0.5) is 0 Å². The van der Waals surface area contributed by atoms with Crippen molar-refractivity contribution in [2.24, 2.45) is 0 Å². The molecule has 0 heterocycles. The molecule has 0 radical (unpaired) electrons. The van der Waals surface area contributed by atoms with E-state index < -0.39 is 11.7 Å². The van der Waals surface area contributed by atoms with Crippen LogP contribution < -0.4 is 0 Å². The molecule has 0 unspecified atom stereocenters. The van der Waals surface area contributed by atoms with Gasteiger partial charge >= 0.3 is 0 Å². The van der Waals surface area contributed by atoms with Crippen LogP contribution in [0.2, 0.25) is 0 Å². The third-order valence-electron chi connectivity index (χ3n) is 1.77. The number of allylic oxidation sites excluding steroid dienone is 1. The molecule has 0 rings (SSSR count). The van der Waals surface area contributed by atoms with Gasteiger partial charge in [0.2, 0.25) is 5.78 Å². The predicted octanol–water partition coefficient (Wildman–Crippen LogP) is 1.39. The van der Waals surface area contributed by atoms with Crippen molar-refractivity contribution in [3.05, 3.63) is 12.2 Å². The van der Waals surface area contributed by atoms with Crippen molar-refractivity contribution >= 4 is 11.7 Å². The van der Waals surface area contributed by atoms with E-state index in [-0.39, 0.29) is 0 Å². The number of nitrogens with zero attached hydrogens (tertiary/aromatic N) is 1. The molecule has 0 N–H and O–H groups in total. The Hall–Kier alpha value is -1.12. The Morgan fingerprint density at radius 3 is 2.08 bits per heavy atom. The van der Waals surface area contributed by atoms with Crippen LogP contribution in [0.3, 0.4) is 0 Å². The maximum Gasteiger partial charge on any atom is 0.294 e. The Labute approximate surface area is 79.4 Å². The van der Waals surface area contributed by atoms with Gasteiger partial charge in [-0.3, -0.25) is 9.59 Å². The fourth-order valence-electron chi connectivity index (χ4n) is 0.963.